The zero-order valence-electron chi connectivity index (χ0n) is 18.9. The minimum atomic E-state index is -4.02. The van der Waals surface area contributed by atoms with Gasteiger partial charge in [-0.15, -0.1) is 0 Å². The zero-order valence-corrected chi connectivity index (χ0v) is 19.7. The Kier molecular flexibility index (Phi) is 7.51. The van der Waals surface area contributed by atoms with E-state index in [2.05, 4.69) is 4.98 Å². The van der Waals surface area contributed by atoms with Crippen molar-refractivity contribution in [1.29, 1.82) is 0 Å². The van der Waals surface area contributed by atoms with Crippen LogP contribution in [0.2, 0.25) is 0 Å². The molecule has 0 fully saturated rings. The highest BCUT2D eigenvalue weighted by atomic mass is 32.2. The minimum Gasteiger partial charge on any atom is -0.487 e. The largest absolute Gasteiger partial charge is 0.487 e. The van der Waals surface area contributed by atoms with Crippen LogP contribution in [0.3, 0.4) is 0 Å². The van der Waals surface area contributed by atoms with Gasteiger partial charge in [-0.3, -0.25) is 8.70 Å². The molecule has 0 saturated heterocycles. The van der Waals surface area contributed by atoms with Gasteiger partial charge in [0.05, 0.1) is 12.4 Å². The van der Waals surface area contributed by atoms with Crippen molar-refractivity contribution in [1.82, 2.24) is 4.98 Å². The Morgan fingerprint density at radius 3 is 2.34 bits per heavy atom. The highest BCUT2D eigenvalue weighted by molar-refractivity contribution is 7.92. The summed E-state index contributed by atoms with van der Waals surface area (Å²) in [6.45, 7) is 7.16. The first kappa shape index (κ1) is 23.7. The predicted molar refractivity (Wildman–Crippen MR) is 125 cm³/mol. The maximum Gasteiger partial charge on any atom is 0.281 e. The van der Waals surface area contributed by atoms with Crippen LogP contribution in [0.15, 0.2) is 65.8 Å². The molecule has 0 amide bonds. The molecule has 32 heavy (non-hydrogen) atoms. The number of hydrogen-bond acceptors (Lipinski definition) is 4. The van der Waals surface area contributed by atoms with Crippen LogP contribution in [-0.4, -0.2) is 26.6 Å². The van der Waals surface area contributed by atoms with Gasteiger partial charge in [-0.25, -0.2) is 4.98 Å². The molecule has 0 spiro atoms. The average molecular weight is 457 g/mol. The van der Waals surface area contributed by atoms with Crippen molar-refractivity contribution >= 4 is 15.7 Å². The number of pyridine rings is 1. The minimum absolute atomic E-state index is 0.0290. The predicted octanol–water partition coefficient (Wildman–Crippen LogP) is 5.39. The quantitative estimate of drug-likeness (QED) is 0.433. The van der Waals surface area contributed by atoms with E-state index in [1.165, 1.54) is 16.6 Å². The van der Waals surface area contributed by atoms with Gasteiger partial charge >= 0.3 is 0 Å². The molecule has 1 aromatic heterocycles. The number of hydrogen-bond donors (Lipinski definition) is 0. The van der Waals surface area contributed by atoms with Crippen molar-refractivity contribution < 1.29 is 17.5 Å². The first-order valence-electron chi connectivity index (χ1n) is 10.5. The Bertz CT molecular complexity index is 1150. The summed E-state index contributed by atoms with van der Waals surface area (Å²) < 4.78 is 47.8. The maximum atomic E-state index is 13.5. The molecule has 3 rings (SSSR count). The number of aryl methyl sites for hydroxylation is 3. The molecule has 0 N–H and O–H groups in total. The van der Waals surface area contributed by atoms with Gasteiger partial charge in [0, 0.05) is 18.7 Å². The summed E-state index contributed by atoms with van der Waals surface area (Å²) in [5, 5.41) is -0.0891. The number of alkyl halides is 1. The smallest absolute Gasteiger partial charge is 0.281 e. The summed E-state index contributed by atoms with van der Waals surface area (Å²) in [5.41, 5.74) is 4.38. The van der Waals surface area contributed by atoms with E-state index in [9.17, 15) is 12.8 Å². The molecule has 0 saturated carbocycles. The van der Waals surface area contributed by atoms with Crippen molar-refractivity contribution in [3.8, 4) is 5.75 Å². The van der Waals surface area contributed by atoms with Gasteiger partial charge < -0.3 is 4.74 Å². The van der Waals surface area contributed by atoms with Gasteiger partial charge in [0.2, 0.25) is 0 Å². The van der Waals surface area contributed by atoms with Crippen LogP contribution in [0.25, 0.3) is 0 Å². The Morgan fingerprint density at radius 1 is 1.03 bits per heavy atom. The molecule has 170 valence electrons. The van der Waals surface area contributed by atoms with Crippen LogP contribution < -0.4 is 9.04 Å². The van der Waals surface area contributed by atoms with Gasteiger partial charge in [-0.2, -0.15) is 8.42 Å². The number of sulfonamides is 1. The van der Waals surface area contributed by atoms with Gasteiger partial charge in [0.25, 0.3) is 10.0 Å². The van der Waals surface area contributed by atoms with Crippen LogP contribution in [0.5, 0.6) is 5.75 Å². The summed E-state index contributed by atoms with van der Waals surface area (Å²) in [6, 6.07) is 16.3. The summed E-state index contributed by atoms with van der Waals surface area (Å²) in [5.74, 6) is -0.0701. The summed E-state index contributed by atoms with van der Waals surface area (Å²) >= 11 is 0. The Labute approximate surface area is 189 Å². The molecule has 7 heteroatoms. The third-order valence-electron chi connectivity index (χ3n) is 5.29. The van der Waals surface area contributed by atoms with E-state index in [-0.39, 0.29) is 18.2 Å². The van der Waals surface area contributed by atoms with Crippen molar-refractivity contribution in [3.05, 3.63) is 83.0 Å². The molecule has 1 atom stereocenters. The lowest BCUT2D eigenvalue weighted by atomic mass is 10.1. The molecule has 0 bridgehead atoms. The summed E-state index contributed by atoms with van der Waals surface area (Å²) in [7, 11) is -4.02. The molecule has 3 aromatic rings. The number of ether oxygens (including phenoxy) is 1. The fourth-order valence-corrected chi connectivity index (χ4v) is 4.72. The van der Waals surface area contributed by atoms with E-state index >= 15 is 0 Å². The van der Waals surface area contributed by atoms with Crippen LogP contribution in [0, 0.1) is 26.7 Å². The van der Waals surface area contributed by atoms with Crippen LogP contribution in [0.1, 0.15) is 29.2 Å². The average Bonchev–Trinajstić information content (AvgIpc) is 2.79. The second kappa shape index (κ2) is 10.1. The maximum absolute atomic E-state index is 13.5. The van der Waals surface area contributed by atoms with E-state index < -0.39 is 22.6 Å². The third-order valence-corrected chi connectivity index (χ3v) is 6.99. The Morgan fingerprint density at radius 2 is 1.72 bits per heavy atom. The molecule has 0 aliphatic carbocycles. The lowest BCUT2D eigenvalue weighted by Crippen LogP contribution is -2.36. The molecule has 0 unspecified atom stereocenters. The number of nitrogens with zero attached hydrogens (tertiary/aromatic N) is 2. The lowest BCUT2D eigenvalue weighted by molar-refractivity contribution is 0.306. The first-order valence-corrected chi connectivity index (χ1v) is 12.0. The SMILES string of the molecule is Cc1ccc(COc2cc(C)c(C)cc2N(C[C@@H](C)CF)S(=O)(=O)c2ccccn2)cc1. The topological polar surface area (TPSA) is 59.5 Å². The molecule has 0 aliphatic heterocycles. The monoisotopic (exact) mass is 456 g/mol. The normalized spacial score (nSPS) is 12.4. The van der Waals surface area contributed by atoms with Gasteiger partial charge in [0.15, 0.2) is 5.03 Å². The standard InChI is InChI=1S/C25H29FN2O3S/c1-18-8-10-22(11-9-18)17-31-24-14-21(4)20(3)13-23(24)28(16-19(2)15-26)32(29,30)25-7-5-6-12-27-25/h5-14,19H,15-17H2,1-4H3/t19-/m0/s1. The van der Waals surface area contributed by atoms with Gasteiger partial charge in [-0.05, 0) is 61.7 Å². The van der Waals surface area contributed by atoms with Gasteiger partial charge in [-0.1, -0.05) is 42.8 Å². The highest BCUT2D eigenvalue weighted by Crippen LogP contribution is 2.36. The molecule has 5 nitrogen and oxygen atoms in total. The lowest BCUT2D eigenvalue weighted by Gasteiger charge is -2.28. The van der Waals surface area contributed by atoms with Crippen LogP contribution in [0.4, 0.5) is 10.1 Å². The first-order chi connectivity index (χ1) is 15.2. The van der Waals surface area contributed by atoms with Crippen LogP contribution >= 0.6 is 0 Å². The number of halogens is 1. The molecule has 2 aromatic carbocycles. The van der Waals surface area contributed by atoms with Crippen molar-refractivity contribution in [2.24, 2.45) is 5.92 Å². The van der Waals surface area contributed by atoms with Crippen molar-refractivity contribution in [2.45, 2.75) is 39.3 Å². The Hall–Kier alpha value is -2.93. The van der Waals surface area contributed by atoms with Crippen LogP contribution in [-0.2, 0) is 16.6 Å². The second-order valence-electron chi connectivity index (χ2n) is 8.14. The van der Waals surface area contributed by atoms with Crippen molar-refractivity contribution in [3.63, 3.8) is 0 Å². The summed E-state index contributed by atoms with van der Waals surface area (Å²) in [4.78, 5) is 4.04. The number of rotatable bonds is 9. The van der Waals surface area contributed by atoms with E-state index in [0.717, 1.165) is 22.3 Å². The van der Waals surface area contributed by atoms with Gasteiger partial charge in [0.1, 0.15) is 12.4 Å². The van der Waals surface area contributed by atoms with Crippen molar-refractivity contribution in [2.75, 3.05) is 17.5 Å². The molecule has 0 aliphatic rings. The molecule has 1 heterocycles. The fraction of sp³-hybridized carbons (Fsp3) is 0.320. The highest BCUT2D eigenvalue weighted by Gasteiger charge is 2.30. The zero-order chi connectivity index (χ0) is 23.3. The molecule has 0 radical (unpaired) electrons. The number of anilines is 1. The van der Waals surface area contributed by atoms with E-state index in [4.69, 9.17) is 4.74 Å². The van der Waals surface area contributed by atoms with E-state index in [1.54, 1.807) is 25.1 Å². The van der Waals surface area contributed by atoms with E-state index in [1.807, 2.05) is 51.1 Å². The third kappa shape index (κ3) is 5.46. The Balaban J connectivity index is 2.06. The number of aromatic nitrogens is 1. The second-order valence-corrected chi connectivity index (χ2v) is 9.95. The number of benzene rings is 2. The fourth-order valence-electron chi connectivity index (χ4n) is 3.20. The molecular weight excluding hydrogens is 427 g/mol. The summed E-state index contributed by atoms with van der Waals surface area (Å²) in [6.07, 6.45) is 1.43. The van der Waals surface area contributed by atoms with E-state index in [0.29, 0.717) is 11.4 Å². The molecular formula is C25H29FN2O3S.